The second-order valence-electron chi connectivity index (χ2n) is 12.8. The fourth-order valence-corrected chi connectivity index (χ4v) is 7.57. The van der Waals surface area contributed by atoms with E-state index in [1.54, 1.807) is 0 Å². The topological polar surface area (TPSA) is 43.6 Å². The highest BCUT2D eigenvalue weighted by molar-refractivity contribution is 6.10. The molecule has 0 unspecified atom stereocenters. The Kier molecular flexibility index (Phi) is 6.53. The SMILES string of the molecule is c1ccc(-c2nc(-c3ccccc3)nc(-c3cccc(-n4c5ccccc5c5cc(-c6cccc7c6Cc6ccccc6-7)ccc54)c3)n2)cc1. The van der Waals surface area contributed by atoms with Gasteiger partial charge in [-0.25, -0.2) is 15.0 Å². The van der Waals surface area contributed by atoms with Crippen molar-refractivity contribution in [2.24, 2.45) is 0 Å². The van der Waals surface area contributed by atoms with E-state index in [4.69, 9.17) is 15.0 Å². The molecule has 0 saturated heterocycles. The highest BCUT2D eigenvalue weighted by Gasteiger charge is 2.22. The molecule has 2 heterocycles. The van der Waals surface area contributed by atoms with Crippen LogP contribution in [0.25, 0.3) is 83.9 Å². The zero-order valence-corrected chi connectivity index (χ0v) is 27.2. The molecule has 4 heteroatoms. The third kappa shape index (κ3) is 4.65. The van der Waals surface area contributed by atoms with Crippen molar-refractivity contribution in [1.82, 2.24) is 19.5 Å². The van der Waals surface area contributed by atoms with Crippen LogP contribution in [0, 0.1) is 0 Å². The van der Waals surface area contributed by atoms with Gasteiger partial charge in [0.15, 0.2) is 17.5 Å². The van der Waals surface area contributed by atoms with E-state index in [1.807, 2.05) is 60.7 Å². The molecule has 0 radical (unpaired) electrons. The molecule has 50 heavy (non-hydrogen) atoms. The average Bonchev–Trinajstić information content (AvgIpc) is 3.74. The van der Waals surface area contributed by atoms with Gasteiger partial charge in [0.2, 0.25) is 0 Å². The maximum absolute atomic E-state index is 5.00. The molecule has 9 aromatic rings. The Morgan fingerprint density at radius 3 is 1.74 bits per heavy atom. The molecule has 0 fully saturated rings. The van der Waals surface area contributed by atoms with E-state index in [0.717, 1.165) is 39.8 Å². The summed E-state index contributed by atoms with van der Waals surface area (Å²) in [5, 5.41) is 2.46. The van der Waals surface area contributed by atoms with Crippen molar-refractivity contribution in [2.75, 3.05) is 0 Å². The van der Waals surface area contributed by atoms with Crippen molar-refractivity contribution in [3.05, 3.63) is 181 Å². The predicted molar refractivity (Wildman–Crippen MR) is 204 cm³/mol. The Bertz CT molecular complexity index is 2670. The molecular weight excluding hydrogens is 609 g/mol. The normalized spacial score (nSPS) is 11.9. The zero-order chi connectivity index (χ0) is 33.0. The van der Waals surface area contributed by atoms with Gasteiger partial charge in [-0.2, -0.15) is 0 Å². The number of hydrogen-bond donors (Lipinski definition) is 0. The van der Waals surface area contributed by atoms with Crippen molar-refractivity contribution < 1.29 is 0 Å². The summed E-state index contributed by atoms with van der Waals surface area (Å²) in [6, 6.07) is 59.9. The number of para-hydroxylation sites is 1. The third-order valence-corrected chi connectivity index (χ3v) is 9.90. The molecular formula is C46H30N4. The summed E-state index contributed by atoms with van der Waals surface area (Å²) < 4.78 is 2.36. The van der Waals surface area contributed by atoms with Gasteiger partial charge < -0.3 is 4.57 Å². The molecule has 234 valence electrons. The summed E-state index contributed by atoms with van der Waals surface area (Å²) in [6.45, 7) is 0. The standard InChI is InChI=1S/C46H30N4/c1-3-13-30(14-4-1)44-47-45(31-15-5-2-6-16-31)49-46(48-44)34-18-11-19-35(27-34)50-42-24-10-9-21-39(42)41-29-33(25-26-43(41)50)37-22-12-23-38-36-20-8-7-17-32(36)28-40(37)38/h1-27,29H,28H2. The molecule has 7 aromatic carbocycles. The quantitative estimate of drug-likeness (QED) is 0.188. The fourth-order valence-electron chi connectivity index (χ4n) is 7.57. The average molecular weight is 639 g/mol. The number of fused-ring (bicyclic) bond motifs is 6. The van der Waals surface area contributed by atoms with Gasteiger partial charge in [-0.3, -0.25) is 0 Å². The van der Waals surface area contributed by atoms with Crippen LogP contribution in [0.1, 0.15) is 11.1 Å². The molecule has 4 nitrogen and oxygen atoms in total. The van der Waals surface area contributed by atoms with Gasteiger partial charge in [0.25, 0.3) is 0 Å². The van der Waals surface area contributed by atoms with Crippen LogP contribution in [0.3, 0.4) is 0 Å². The highest BCUT2D eigenvalue weighted by atomic mass is 15.0. The first-order chi connectivity index (χ1) is 24.8. The van der Waals surface area contributed by atoms with E-state index in [9.17, 15) is 0 Å². The number of rotatable bonds is 5. The molecule has 1 aliphatic carbocycles. The molecule has 0 aliphatic heterocycles. The van der Waals surface area contributed by atoms with Crippen molar-refractivity contribution >= 4 is 21.8 Å². The van der Waals surface area contributed by atoms with Crippen LogP contribution >= 0.6 is 0 Å². The van der Waals surface area contributed by atoms with Gasteiger partial charge >= 0.3 is 0 Å². The number of benzene rings is 7. The lowest BCUT2D eigenvalue weighted by Crippen LogP contribution is -2.01. The van der Waals surface area contributed by atoms with Gasteiger partial charge in [0.1, 0.15) is 0 Å². The Hall–Kier alpha value is -6.65. The number of aromatic nitrogens is 4. The highest BCUT2D eigenvalue weighted by Crippen LogP contribution is 2.43. The minimum Gasteiger partial charge on any atom is -0.309 e. The van der Waals surface area contributed by atoms with Crippen LogP contribution in [0.4, 0.5) is 0 Å². The molecule has 1 aliphatic rings. The van der Waals surface area contributed by atoms with Crippen molar-refractivity contribution in [3.8, 4) is 62.1 Å². The van der Waals surface area contributed by atoms with E-state index in [1.165, 1.54) is 44.2 Å². The molecule has 2 aromatic heterocycles. The Labute approximate surface area is 290 Å². The van der Waals surface area contributed by atoms with Crippen LogP contribution in [0.15, 0.2) is 170 Å². The van der Waals surface area contributed by atoms with E-state index < -0.39 is 0 Å². The fraction of sp³-hybridized carbons (Fsp3) is 0.0217. The first-order valence-electron chi connectivity index (χ1n) is 17.0. The lowest BCUT2D eigenvalue weighted by molar-refractivity contribution is 1.07. The van der Waals surface area contributed by atoms with Gasteiger partial charge in [0, 0.05) is 33.2 Å². The molecule has 0 bridgehead atoms. The lowest BCUT2D eigenvalue weighted by Gasteiger charge is -2.12. The predicted octanol–water partition coefficient (Wildman–Crippen LogP) is 11.2. The van der Waals surface area contributed by atoms with E-state index in [0.29, 0.717) is 17.5 Å². The summed E-state index contributed by atoms with van der Waals surface area (Å²) in [6.07, 6.45) is 0.962. The summed E-state index contributed by atoms with van der Waals surface area (Å²) in [4.78, 5) is 14.9. The maximum atomic E-state index is 5.00. The third-order valence-electron chi connectivity index (χ3n) is 9.90. The second kappa shape index (κ2) is 11.5. The maximum Gasteiger partial charge on any atom is 0.164 e. The number of nitrogens with zero attached hydrogens (tertiary/aromatic N) is 4. The molecule has 0 amide bonds. The number of hydrogen-bond acceptors (Lipinski definition) is 3. The Morgan fingerprint density at radius 1 is 0.380 bits per heavy atom. The van der Waals surface area contributed by atoms with Crippen molar-refractivity contribution in [1.29, 1.82) is 0 Å². The minimum absolute atomic E-state index is 0.640. The summed E-state index contributed by atoms with van der Waals surface area (Å²) in [7, 11) is 0. The molecule has 0 saturated carbocycles. The van der Waals surface area contributed by atoms with Crippen LogP contribution in [0.5, 0.6) is 0 Å². The van der Waals surface area contributed by atoms with Gasteiger partial charge in [-0.1, -0.05) is 140 Å². The summed E-state index contributed by atoms with van der Waals surface area (Å²) in [5.74, 6) is 1.95. The Balaban J connectivity index is 1.12. The van der Waals surface area contributed by atoms with E-state index in [2.05, 4.69) is 114 Å². The first kappa shape index (κ1) is 28.4. The van der Waals surface area contributed by atoms with Gasteiger partial charge in [-0.15, -0.1) is 0 Å². The largest absolute Gasteiger partial charge is 0.309 e. The van der Waals surface area contributed by atoms with Crippen LogP contribution < -0.4 is 0 Å². The summed E-state index contributed by atoms with van der Waals surface area (Å²) in [5.41, 5.74) is 14.3. The van der Waals surface area contributed by atoms with E-state index in [-0.39, 0.29) is 0 Å². The van der Waals surface area contributed by atoms with Crippen LogP contribution in [-0.4, -0.2) is 19.5 Å². The molecule has 0 atom stereocenters. The molecule has 10 rings (SSSR count). The van der Waals surface area contributed by atoms with Gasteiger partial charge in [0.05, 0.1) is 11.0 Å². The first-order valence-corrected chi connectivity index (χ1v) is 17.0. The van der Waals surface area contributed by atoms with Crippen LogP contribution in [0.2, 0.25) is 0 Å². The molecule has 0 N–H and O–H groups in total. The van der Waals surface area contributed by atoms with Crippen molar-refractivity contribution in [3.63, 3.8) is 0 Å². The second-order valence-corrected chi connectivity index (χ2v) is 12.8. The van der Waals surface area contributed by atoms with Crippen molar-refractivity contribution in [2.45, 2.75) is 6.42 Å². The Morgan fingerprint density at radius 2 is 0.960 bits per heavy atom. The van der Waals surface area contributed by atoms with Crippen LogP contribution in [-0.2, 0) is 6.42 Å². The zero-order valence-electron chi connectivity index (χ0n) is 27.2. The smallest absolute Gasteiger partial charge is 0.164 e. The lowest BCUT2D eigenvalue weighted by atomic mass is 9.94. The minimum atomic E-state index is 0.640. The molecule has 0 spiro atoms. The van der Waals surface area contributed by atoms with E-state index >= 15 is 0 Å². The monoisotopic (exact) mass is 638 g/mol. The summed E-state index contributed by atoms with van der Waals surface area (Å²) >= 11 is 0. The van der Waals surface area contributed by atoms with Gasteiger partial charge in [-0.05, 0) is 70.1 Å².